The van der Waals surface area contributed by atoms with Gasteiger partial charge in [0.15, 0.2) is 0 Å². The van der Waals surface area contributed by atoms with Crippen molar-refractivity contribution in [2.75, 3.05) is 39.4 Å². The second-order valence-electron chi connectivity index (χ2n) is 15.9. The van der Waals surface area contributed by atoms with Gasteiger partial charge >= 0.3 is 0 Å². The number of nitrogens with zero attached hydrogens (tertiary/aromatic N) is 3. The number of amides is 3. The van der Waals surface area contributed by atoms with Gasteiger partial charge in [-0.05, 0) is 36.7 Å². The number of imidazole rings is 1. The van der Waals surface area contributed by atoms with E-state index < -0.39 is 59.8 Å². The number of hydrogen-bond acceptors (Lipinski definition) is 10. The summed E-state index contributed by atoms with van der Waals surface area (Å²) < 4.78 is 5.46. The zero-order chi connectivity index (χ0) is 39.0. The van der Waals surface area contributed by atoms with E-state index in [1.165, 1.54) is 11.2 Å². The minimum atomic E-state index is -1.09. The number of aliphatic hydroxyl groups excluding tert-OH is 2. The Morgan fingerprint density at radius 1 is 1.04 bits per heavy atom. The molecular formula is C41H64N6O7. The zero-order valence-electron chi connectivity index (χ0n) is 32.5. The fraction of sp³-hybridized carbons (Fsp3) is 0.683. The Labute approximate surface area is 320 Å². The Hall–Kier alpha value is -3.49. The molecular weight excluding hydrogens is 688 g/mol. The molecule has 13 heteroatoms. The van der Waals surface area contributed by atoms with E-state index in [2.05, 4.69) is 20.2 Å². The molecule has 2 unspecified atom stereocenters. The van der Waals surface area contributed by atoms with Crippen molar-refractivity contribution in [3.8, 4) is 0 Å². The number of nitrogens with two attached hydrogens (primary N) is 1. The van der Waals surface area contributed by atoms with E-state index in [9.17, 15) is 29.4 Å². The second kappa shape index (κ2) is 22.2. The van der Waals surface area contributed by atoms with Crippen molar-refractivity contribution in [2.45, 2.75) is 109 Å². The third kappa shape index (κ3) is 13.4. The lowest BCUT2D eigenvalue weighted by molar-refractivity contribution is -0.153. The fourth-order valence-corrected chi connectivity index (χ4v) is 7.83. The Bertz CT molecular complexity index is 1410. The number of carbonyl (C=O) groups excluding carboxylic acids is 4. The quantitative estimate of drug-likeness (QED) is 0.119. The first-order valence-electron chi connectivity index (χ1n) is 20.0. The minimum absolute atomic E-state index is 0.00940. The number of carbonyl (C=O) groups is 4. The van der Waals surface area contributed by atoms with Crippen molar-refractivity contribution in [3.63, 3.8) is 0 Å². The first-order chi connectivity index (χ1) is 26.0. The molecule has 2 aromatic rings. The molecule has 1 aliphatic carbocycles. The number of imide groups is 1. The van der Waals surface area contributed by atoms with E-state index in [-0.39, 0.29) is 38.1 Å². The predicted octanol–water partition coefficient (Wildman–Crippen LogP) is 2.89. The number of H-pyrrole nitrogens is 1. The molecule has 2 heterocycles. The normalized spacial score (nSPS) is 19.6. The van der Waals surface area contributed by atoms with E-state index >= 15 is 0 Å². The molecule has 4 rings (SSSR count). The highest BCUT2D eigenvalue weighted by Crippen LogP contribution is 2.31. The molecule has 3 amide bonds. The van der Waals surface area contributed by atoms with Crippen LogP contribution in [0.5, 0.6) is 0 Å². The number of aromatic nitrogens is 2. The predicted molar refractivity (Wildman–Crippen MR) is 206 cm³/mol. The summed E-state index contributed by atoms with van der Waals surface area (Å²) >= 11 is 0. The molecule has 2 fully saturated rings. The summed E-state index contributed by atoms with van der Waals surface area (Å²) in [5.41, 5.74) is 7.90. The summed E-state index contributed by atoms with van der Waals surface area (Å²) in [4.78, 5) is 64.9. The van der Waals surface area contributed by atoms with Crippen LogP contribution in [-0.4, -0.2) is 118 Å². The molecule has 1 aromatic heterocycles. The van der Waals surface area contributed by atoms with Crippen LogP contribution in [0.25, 0.3) is 0 Å². The number of β-amino-alcohol motifs (C(OH)–C–C–N with tert-alkyl or cyclic N) is 1. The molecule has 7 atom stereocenters. The first-order valence-corrected chi connectivity index (χ1v) is 20.0. The lowest BCUT2D eigenvalue weighted by atomic mass is 9.80. The van der Waals surface area contributed by atoms with Crippen LogP contribution in [0, 0.1) is 29.6 Å². The van der Waals surface area contributed by atoms with E-state index in [1.54, 1.807) is 6.20 Å². The zero-order valence-corrected chi connectivity index (χ0v) is 32.5. The molecule has 1 saturated carbocycles. The van der Waals surface area contributed by atoms with Gasteiger partial charge in [-0.3, -0.25) is 24.2 Å². The molecule has 300 valence electrons. The van der Waals surface area contributed by atoms with E-state index in [0.717, 1.165) is 43.4 Å². The maximum absolute atomic E-state index is 14.8. The number of morpholine rings is 1. The van der Waals surface area contributed by atoms with Gasteiger partial charge in [-0.15, -0.1) is 0 Å². The maximum atomic E-state index is 14.8. The number of benzene rings is 1. The number of nitrogens with one attached hydrogen (secondary N) is 2. The first kappa shape index (κ1) is 43.2. The van der Waals surface area contributed by atoms with Crippen LogP contribution >= 0.6 is 0 Å². The average Bonchev–Trinajstić information content (AvgIpc) is 3.69. The molecule has 54 heavy (non-hydrogen) atoms. The highest BCUT2D eigenvalue weighted by atomic mass is 16.5. The molecule has 13 nitrogen and oxygen atoms in total. The monoisotopic (exact) mass is 752 g/mol. The van der Waals surface area contributed by atoms with Crippen LogP contribution in [0.4, 0.5) is 0 Å². The Morgan fingerprint density at radius 2 is 1.74 bits per heavy atom. The Morgan fingerprint density at radius 3 is 2.37 bits per heavy atom. The third-order valence-corrected chi connectivity index (χ3v) is 11.3. The summed E-state index contributed by atoms with van der Waals surface area (Å²) in [5.74, 6) is -3.33. The van der Waals surface area contributed by atoms with Gasteiger partial charge < -0.3 is 35.8 Å². The molecule has 1 aliphatic heterocycles. The van der Waals surface area contributed by atoms with Crippen molar-refractivity contribution >= 4 is 24.0 Å². The number of aliphatic hydroxyl groups is 2. The fourth-order valence-electron chi connectivity index (χ4n) is 7.83. The molecule has 6 N–H and O–H groups in total. The van der Waals surface area contributed by atoms with Gasteiger partial charge in [0.05, 0.1) is 43.8 Å². The highest BCUT2D eigenvalue weighted by molar-refractivity contribution is 5.98. The lowest BCUT2D eigenvalue weighted by Crippen LogP contribution is -2.53. The number of aldehydes is 1. The molecule has 2 aliphatic rings. The summed E-state index contributed by atoms with van der Waals surface area (Å²) in [5, 5.41) is 26.3. The maximum Gasteiger partial charge on any atom is 0.237 e. The van der Waals surface area contributed by atoms with Crippen LogP contribution in [0.1, 0.15) is 83.4 Å². The van der Waals surface area contributed by atoms with Crippen molar-refractivity contribution in [1.29, 1.82) is 0 Å². The average molecular weight is 753 g/mol. The number of hydrogen-bond donors (Lipinski definition) is 5. The van der Waals surface area contributed by atoms with Crippen molar-refractivity contribution in [1.82, 2.24) is 25.1 Å². The number of aromatic amines is 1. The molecule has 0 radical (unpaired) electrons. The van der Waals surface area contributed by atoms with Crippen LogP contribution in [-0.2, 0) is 36.8 Å². The third-order valence-electron chi connectivity index (χ3n) is 11.3. The highest BCUT2D eigenvalue weighted by Gasteiger charge is 2.39. The van der Waals surface area contributed by atoms with Crippen LogP contribution < -0.4 is 11.1 Å². The van der Waals surface area contributed by atoms with Gasteiger partial charge in [0.2, 0.25) is 17.7 Å². The van der Waals surface area contributed by atoms with Gasteiger partial charge in [-0.1, -0.05) is 83.2 Å². The van der Waals surface area contributed by atoms with Crippen molar-refractivity contribution < 1.29 is 34.1 Å². The summed E-state index contributed by atoms with van der Waals surface area (Å²) in [7, 11) is 0. The molecule has 1 saturated heterocycles. The standard InChI is InChI=1S/C41H64N6O7/c1-28(2)34(23-37(49)36(21-31-12-8-5-9-13-31)45-39(51)35(42)22-33-24-43-27-44-33)41(53)47(25-29(3)38(50)26-46-15-18-54-19-16-46)40(52)32(14-17-48)20-30-10-6-4-7-11-30/h4,6-7,10-11,17,24,27-29,31-32,34-38,49-50H,5,8-9,12-16,18-23,25-26,42H2,1-3H3,(H,43,44)(H,45,51)/t29-,32?,34?,35-,36-,37-,38+/m0/s1. The van der Waals surface area contributed by atoms with Gasteiger partial charge in [-0.2, -0.15) is 0 Å². The van der Waals surface area contributed by atoms with Gasteiger partial charge in [0, 0.05) is 68.7 Å². The number of ether oxygens (including phenoxy) is 1. The summed E-state index contributed by atoms with van der Waals surface area (Å²) in [6.45, 7) is 8.45. The summed E-state index contributed by atoms with van der Waals surface area (Å²) in [6.07, 6.45) is 8.30. The smallest absolute Gasteiger partial charge is 0.237 e. The summed E-state index contributed by atoms with van der Waals surface area (Å²) in [6, 6.07) is 7.88. The van der Waals surface area contributed by atoms with Gasteiger partial charge in [0.25, 0.3) is 0 Å². The largest absolute Gasteiger partial charge is 0.391 e. The van der Waals surface area contributed by atoms with E-state index in [1.807, 2.05) is 51.1 Å². The second-order valence-corrected chi connectivity index (χ2v) is 15.9. The van der Waals surface area contributed by atoms with E-state index in [0.29, 0.717) is 51.5 Å². The van der Waals surface area contributed by atoms with Crippen LogP contribution in [0.15, 0.2) is 42.9 Å². The molecule has 0 spiro atoms. The van der Waals surface area contributed by atoms with E-state index in [4.69, 9.17) is 10.5 Å². The molecule has 1 aromatic carbocycles. The molecule has 0 bridgehead atoms. The Balaban J connectivity index is 1.57. The van der Waals surface area contributed by atoms with Gasteiger partial charge in [-0.25, -0.2) is 4.98 Å². The van der Waals surface area contributed by atoms with Crippen molar-refractivity contribution in [3.05, 3.63) is 54.1 Å². The topological polar surface area (TPSA) is 191 Å². The Kier molecular flexibility index (Phi) is 17.7. The van der Waals surface area contributed by atoms with Crippen LogP contribution in [0.2, 0.25) is 0 Å². The lowest BCUT2D eigenvalue weighted by Gasteiger charge is -2.36. The SMILES string of the molecule is CC(C)C(C[C@H](O)[C@H](CC1CCCCC1)NC(=O)[C@@H](N)Cc1cnc[nH]1)C(=O)N(C[C@H](C)[C@H](O)CN1CCOCC1)C(=O)C(CC=O)Cc1ccccc1. The van der Waals surface area contributed by atoms with Crippen LogP contribution in [0.3, 0.4) is 0 Å². The number of rotatable bonds is 21. The van der Waals surface area contributed by atoms with Gasteiger partial charge in [0.1, 0.15) is 6.29 Å². The minimum Gasteiger partial charge on any atom is -0.391 e. The van der Waals surface area contributed by atoms with Crippen molar-refractivity contribution in [2.24, 2.45) is 35.3 Å².